The summed E-state index contributed by atoms with van der Waals surface area (Å²) in [6.07, 6.45) is 0. The normalized spacial score (nSPS) is 10.5. The predicted molar refractivity (Wildman–Crippen MR) is 78.2 cm³/mol. The maximum absolute atomic E-state index is 11.1. The van der Waals surface area contributed by atoms with Gasteiger partial charge >= 0.3 is 5.97 Å². The molecule has 1 aromatic carbocycles. The number of rotatable bonds is 4. The average molecular weight is 290 g/mol. The summed E-state index contributed by atoms with van der Waals surface area (Å²) in [5.74, 6) is 0.151. The number of carboxylic acids is 1. The van der Waals surface area contributed by atoms with Gasteiger partial charge in [-0.2, -0.15) is 5.10 Å². The van der Waals surface area contributed by atoms with Crippen molar-refractivity contribution < 1.29 is 19.4 Å². The molecule has 0 fully saturated rings. The first-order valence-electron chi connectivity index (χ1n) is 6.40. The van der Waals surface area contributed by atoms with Crippen LogP contribution in [0.5, 0.6) is 11.5 Å². The third-order valence-electron chi connectivity index (χ3n) is 3.53. The number of carbonyl (C=O) groups is 1. The Balaban J connectivity index is 2.74. The highest BCUT2D eigenvalue weighted by molar-refractivity contribution is 5.87. The van der Waals surface area contributed by atoms with Crippen LogP contribution in [0.4, 0.5) is 0 Å². The number of hydrogen-bond donors (Lipinski definition) is 1. The van der Waals surface area contributed by atoms with Crippen LogP contribution in [0.3, 0.4) is 0 Å². The third kappa shape index (κ3) is 2.44. The summed E-state index contributed by atoms with van der Waals surface area (Å²) in [6.45, 7) is 3.92. The van der Waals surface area contributed by atoms with Gasteiger partial charge in [-0.05, 0) is 37.1 Å². The first-order chi connectivity index (χ1) is 9.90. The number of carboxylic acid groups (broad SMARTS) is 1. The molecular weight excluding hydrogens is 272 g/mol. The van der Waals surface area contributed by atoms with E-state index in [9.17, 15) is 4.79 Å². The standard InChI is InChI=1S/C15H18N2O4/c1-8-6-10(14(21-5)13(20-4)9(8)2)12-7-11(15(18)19)16-17(12)3/h6-7H,1-5H3,(H,18,19). The minimum Gasteiger partial charge on any atom is -0.493 e. The number of ether oxygens (including phenoxy) is 2. The zero-order chi connectivity index (χ0) is 15.7. The van der Waals surface area contributed by atoms with E-state index in [0.717, 1.165) is 16.7 Å². The second-order valence-electron chi connectivity index (χ2n) is 4.78. The van der Waals surface area contributed by atoms with Gasteiger partial charge in [-0.15, -0.1) is 0 Å². The third-order valence-corrected chi connectivity index (χ3v) is 3.53. The highest BCUT2D eigenvalue weighted by Crippen LogP contribution is 2.41. The number of aromatic carboxylic acids is 1. The SMILES string of the molecule is COc1c(-c2cc(C(=O)O)nn2C)cc(C)c(C)c1OC. The molecule has 112 valence electrons. The van der Waals surface area contributed by atoms with Gasteiger partial charge in [0.2, 0.25) is 0 Å². The Morgan fingerprint density at radius 2 is 1.81 bits per heavy atom. The van der Waals surface area contributed by atoms with Gasteiger partial charge in [0.1, 0.15) is 0 Å². The fourth-order valence-electron chi connectivity index (χ4n) is 2.32. The molecule has 0 aliphatic heterocycles. The molecule has 2 rings (SSSR count). The van der Waals surface area contributed by atoms with Gasteiger partial charge in [-0.3, -0.25) is 4.68 Å². The van der Waals surface area contributed by atoms with E-state index in [0.29, 0.717) is 17.2 Å². The molecule has 0 amide bonds. The Bertz CT molecular complexity index is 704. The maximum Gasteiger partial charge on any atom is 0.356 e. The fourth-order valence-corrected chi connectivity index (χ4v) is 2.32. The van der Waals surface area contributed by atoms with Gasteiger partial charge in [0, 0.05) is 12.6 Å². The van der Waals surface area contributed by atoms with Crippen molar-refractivity contribution in [1.29, 1.82) is 0 Å². The van der Waals surface area contributed by atoms with Crippen LogP contribution < -0.4 is 9.47 Å². The Morgan fingerprint density at radius 1 is 1.19 bits per heavy atom. The Hall–Kier alpha value is -2.50. The molecule has 6 nitrogen and oxygen atoms in total. The highest BCUT2D eigenvalue weighted by Gasteiger charge is 2.21. The van der Waals surface area contributed by atoms with E-state index < -0.39 is 5.97 Å². The number of hydrogen-bond acceptors (Lipinski definition) is 4. The molecular formula is C15H18N2O4. The molecule has 1 N–H and O–H groups in total. The number of methoxy groups -OCH3 is 2. The lowest BCUT2D eigenvalue weighted by atomic mass is 10.0. The monoisotopic (exact) mass is 290 g/mol. The second-order valence-corrected chi connectivity index (χ2v) is 4.78. The minimum absolute atomic E-state index is 0.00764. The number of aryl methyl sites for hydroxylation is 2. The minimum atomic E-state index is -1.06. The summed E-state index contributed by atoms with van der Waals surface area (Å²) in [6, 6.07) is 3.47. The molecule has 6 heteroatoms. The van der Waals surface area contributed by atoms with E-state index in [2.05, 4.69) is 5.10 Å². The molecule has 0 atom stereocenters. The molecule has 0 aliphatic rings. The van der Waals surface area contributed by atoms with Crippen LogP contribution in [-0.4, -0.2) is 35.1 Å². The largest absolute Gasteiger partial charge is 0.493 e. The van der Waals surface area contributed by atoms with Gasteiger partial charge in [-0.1, -0.05) is 0 Å². The van der Waals surface area contributed by atoms with Crippen LogP contribution in [0.2, 0.25) is 0 Å². The molecule has 0 spiro atoms. The summed E-state index contributed by atoms with van der Waals surface area (Å²) < 4.78 is 12.4. The molecule has 0 unspecified atom stereocenters. The van der Waals surface area contributed by atoms with Crippen molar-refractivity contribution >= 4 is 5.97 Å². The van der Waals surface area contributed by atoms with Gasteiger partial charge in [-0.25, -0.2) is 4.79 Å². The average Bonchev–Trinajstić information content (AvgIpc) is 2.83. The smallest absolute Gasteiger partial charge is 0.356 e. The van der Waals surface area contributed by atoms with E-state index >= 15 is 0 Å². The first-order valence-corrected chi connectivity index (χ1v) is 6.40. The van der Waals surface area contributed by atoms with Gasteiger partial charge in [0.25, 0.3) is 0 Å². The zero-order valence-corrected chi connectivity index (χ0v) is 12.7. The highest BCUT2D eigenvalue weighted by atomic mass is 16.5. The summed E-state index contributed by atoms with van der Waals surface area (Å²) in [5, 5.41) is 13.1. The summed E-state index contributed by atoms with van der Waals surface area (Å²) in [5.41, 5.74) is 3.41. The lowest BCUT2D eigenvalue weighted by molar-refractivity contribution is 0.0689. The molecule has 0 bridgehead atoms. The van der Waals surface area contributed by atoms with E-state index in [1.165, 1.54) is 10.7 Å². The number of aromatic nitrogens is 2. The van der Waals surface area contributed by atoms with Gasteiger partial charge in [0.05, 0.1) is 19.9 Å². The molecule has 0 aliphatic carbocycles. The van der Waals surface area contributed by atoms with E-state index in [4.69, 9.17) is 14.6 Å². The van der Waals surface area contributed by atoms with Crippen molar-refractivity contribution in [2.24, 2.45) is 7.05 Å². The van der Waals surface area contributed by atoms with Crippen LogP contribution >= 0.6 is 0 Å². The van der Waals surface area contributed by atoms with Crippen molar-refractivity contribution in [1.82, 2.24) is 9.78 Å². The Morgan fingerprint density at radius 3 is 2.29 bits per heavy atom. The lowest BCUT2D eigenvalue weighted by Crippen LogP contribution is -2.01. The zero-order valence-electron chi connectivity index (χ0n) is 12.7. The van der Waals surface area contributed by atoms with E-state index in [1.807, 2.05) is 19.9 Å². The van der Waals surface area contributed by atoms with E-state index in [1.54, 1.807) is 21.3 Å². The van der Waals surface area contributed by atoms with Gasteiger partial charge < -0.3 is 14.6 Å². The molecule has 1 heterocycles. The molecule has 0 saturated carbocycles. The van der Waals surface area contributed by atoms with Crippen molar-refractivity contribution in [2.45, 2.75) is 13.8 Å². The van der Waals surface area contributed by atoms with Crippen molar-refractivity contribution in [2.75, 3.05) is 14.2 Å². The molecule has 0 saturated heterocycles. The number of nitrogens with zero attached hydrogens (tertiary/aromatic N) is 2. The number of benzene rings is 1. The van der Waals surface area contributed by atoms with Crippen molar-refractivity contribution in [3.63, 3.8) is 0 Å². The maximum atomic E-state index is 11.1. The quantitative estimate of drug-likeness (QED) is 0.936. The van der Waals surface area contributed by atoms with Crippen LogP contribution in [-0.2, 0) is 7.05 Å². The molecule has 21 heavy (non-hydrogen) atoms. The van der Waals surface area contributed by atoms with Crippen LogP contribution in [0.1, 0.15) is 21.6 Å². The fraction of sp³-hybridized carbons (Fsp3) is 0.333. The van der Waals surface area contributed by atoms with Crippen LogP contribution in [0.15, 0.2) is 12.1 Å². The van der Waals surface area contributed by atoms with Crippen molar-refractivity contribution in [3.8, 4) is 22.8 Å². The van der Waals surface area contributed by atoms with E-state index in [-0.39, 0.29) is 5.69 Å². The Kier molecular flexibility index (Phi) is 3.88. The molecule has 2 aromatic rings. The van der Waals surface area contributed by atoms with Crippen molar-refractivity contribution in [3.05, 3.63) is 29.0 Å². The lowest BCUT2D eigenvalue weighted by Gasteiger charge is -2.17. The van der Waals surface area contributed by atoms with Gasteiger partial charge in [0.15, 0.2) is 17.2 Å². The van der Waals surface area contributed by atoms with Crippen LogP contribution in [0.25, 0.3) is 11.3 Å². The molecule has 0 radical (unpaired) electrons. The Labute approximate surface area is 122 Å². The summed E-state index contributed by atoms with van der Waals surface area (Å²) >= 11 is 0. The second kappa shape index (κ2) is 5.47. The molecule has 1 aromatic heterocycles. The summed E-state index contributed by atoms with van der Waals surface area (Å²) in [4.78, 5) is 11.1. The first kappa shape index (κ1) is 14.9. The topological polar surface area (TPSA) is 73.6 Å². The summed E-state index contributed by atoms with van der Waals surface area (Å²) in [7, 11) is 4.84. The predicted octanol–water partition coefficient (Wildman–Crippen LogP) is 2.42. The van der Waals surface area contributed by atoms with Crippen LogP contribution in [0, 0.1) is 13.8 Å².